The predicted octanol–water partition coefficient (Wildman–Crippen LogP) is 2.19. The van der Waals surface area contributed by atoms with Crippen molar-refractivity contribution in [3.8, 4) is 6.07 Å². The van der Waals surface area contributed by atoms with Gasteiger partial charge in [-0.15, -0.1) is 0 Å². The molecule has 3 rings (SSSR count). The topological polar surface area (TPSA) is 51.6 Å². The molecule has 2 heterocycles. The Morgan fingerprint density at radius 2 is 2.35 bits per heavy atom. The number of fused-ring (bicyclic) bond motifs is 1. The van der Waals surface area contributed by atoms with Gasteiger partial charge in [-0.25, -0.2) is 0 Å². The van der Waals surface area contributed by atoms with Crippen LogP contribution in [0.2, 0.25) is 0 Å². The van der Waals surface area contributed by atoms with Crippen molar-refractivity contribution in [3.05, 3.63) is 35.5 Å². The molecule has 1 atom stereocenters. The first-order valence-electron chi connectivity index (χ1n) is 6.07. The van der Waals surface area contributed by atoms with E-state index in [2.05, 4.69) is 22.6 Å². The van der Waals surface area contributed by atoms with Crippen LogP contribution in [-0.2, 0) is 6.42 Å². The van der Waals surface area contributed by atoms with Crippen molar-refractivity contribution in [2.24, 2.45) is 5.92 Å². The van der Waals surface area contributed by atoms with Gasteiger partial charge in [0.05, 0.1) is 11.6 Å². The molecule has 0 spiro atoms. The van der Waals surface area contributed by atoms with Crippen LogP contribution in [0, 0.1) is 17.2 Å². The van der Waals surface area contributed by atoms with Gasteiger partial charge in [-0.3, -0.25) is 0 Å². The van der Waals surface area contributed by atoms with Gasteiger partial charge in [0.2, 0.25) is 0 Å². The highest BCUT2D eigenvalue weighted by atomic mass is 14.9. The summed E-state index contributed by atoms with van der Waals surface area (Å²) in [5, 5.41) is 13.5. The van der Waals surface area contributed by atoms with E-state index in [1.54, 1.807) is 0 Å². The van der Waals surface area contributed by atoms with Crippen LogP contribution in [0.25, 0.3) is 10.9 Å². The zero-order valence-electron chi connectivity index (χ0n) is 9.66. The number of aromatic amines is 1. The summed E-state index contributed by atoms with van der Waals surface area (Å²) in [6.45, 7) is 2.25. The fourth-order valence-corrected chi connectivity index (χ4v) is 2.62. The molecule has 3 heteroatoms. The van der Waals surface area contributed by atoms with Crippen LogP contribution in [0.4, 0.5) is 0 Å². The van der Waals surface area contributed by atoms with E-state index in [9.17, 15) is 0 Å². The molecule has 0 saturated carbocycles. The summed E-state index contributed by atoms with van der Waals surface area (Å²) in [5.74, 6) is 0.736. The number of H-pyrrole nitrogens is 1. The van der Waals surface area contributed by atoms with E-state index in [0.717, 1.165) is 36.5 Å². The van der Waals surface area contributed by atoms with Crippen LogP contribution in [0.15, 0.2) is 24.4 Å². The van der Waals surface area contributed by atoms with Crippen LogP contribution in [0.3, 0.4) is 0 Å². The molecule has 86 valence electrons. The maximum absolute atomic E-state index is 8.94. The van der Waals surface area contributed by atoms with Crippen LogP contribution in [-0.4, -0.2) is 18.1 Å². The summed E-state index contributed by atoms with van der Waals surface area (Å²) in [5.41, 5.74) is 3.21. The average molecular weight is 225 g/mol. The first kappa shape index (κ1) is 10.4. The van der Waals surface area contributed by atoms with E-state index in [1.165, 1.54) is 17.4 Å². The molecule has 1 aromatic carbocycles. The predicted molar refractivity (Wildman–Crippen MR) is 67.7 cm³/mol. The average Bonchev–Trinajstić information content (AvgIpc) is 2.99. The van der Waals surface area contributed by atoms with Crippen molar-refractivity contribution in [2.75, 3.05) is 13.1 Å². The highest BCUT2D eigenvalue weighted by molar-refractivity contribution is 5.84. The van der Waals surface area contributed by atoms with Crippen molar-refractivity contribution in [1.82, 2.24) is 10.3 Å². The minimum absolute atomic E-state index is 0.736. The van der Waals surface area contributed by atoms with Crippen molar-refractivity contribution in [1.29, 1.82) is 5.26 Å². The Morgan fingerprint density at radius 1 is 1.41 bits per heavy atom. The summed E-state index contributed by atoms with van der Waals surface area (Å²) >= 11 is 0. The quantitative estimate of drug-likeness (QED) is 0.823. The molecule has 1 aliphatic heterocycles. The molecule has 17 heavy (non-hydrogen) atoms. The standard InChI is InChI=1S/C14H15N3/c15-7-10-1-2-14-13(6-10)12(9-17-14)5-11-3-4-16-8-11/h1-2,6,9,11,16-17H,3-5,8H2. The number of nitriles is 1. The van der Waals surface area contributed by atoms with Crippen molar-refractivity contribution in [3.63, 3.8) is 0 Å². The zero-order chi connectivity index (χ0) is 11.7. The van der Waals surface area contributed by atoms with Crippen LogP contribution in [0.5, 0.6) is 0 Å². The molecule has 0 aliphatic carbocycles. The third-order valence-corrected chi connectivity index (χ3v) is 3.57. The molecule has 3 nitrogen and oxygen atoms in total. The van der Waals surface area contributed by atoms with Gasteiger partial charge in [0.1, 0.15) is 0 Å². The molecular formula is C14H15N3. The smallest absolute Gasteiger partial charge is 0.0991 e. The van der Waals surface area contributed by atoms with E-state index < -0.39 is 0 Å². The summed E-state index contributed by atoms with van der Waals surface area (Å²) in [4.78, 5) is 3.28. The maximum Gasteiger partial charge on any atom is 0.0991 e. The lowest BCUT2D eigenvalue weighted by molar-refractivity contribution is 0.582. The number of nitrogens with zero attached hydrogens (tertiary/aromatic N) is 1. The maximum atomic E-state index is 8.94. The summed E-state index contributed by atoms with van der Waals surface area (Å²) in [6, 6.07) is 8.04. The molecule has 0 amide bonds. The molecule has 1 aliphatic rings. The zero-order valence-corrected chi connectivity index (χ0v) is 9.66. The summed E-state index contributed by atoms with van der Waals surface area (Å²) < 4.78 is 0. The van der Waals surface area contributed by atoms with E-state index in [4.69, 9.17) is 5.26 Å². The second kappa shape index (κ2) is 4.23. The molecule has 1 aromatic heterocycles. The monoisotopic (exact) mass is 225 g/mol. The first-order chi connectivity index (χ1) is 8.36. The Bertz CT molecular complexity index is 571. The van der Waals surface area contributed by atoms with Gasteiger partial charge in [-0.1, -0.05) is 0 Å². The number of benzene rings is 1. The Labute approximate surface area is 100 Å². The van der Waals surface area contributed by atoms with Gasteiger partial charge in [-0.2, -0.15) is 5.26 Å². The second-order valence-electron chi connectivity index (χ2n) is 4.75. The Hall–Kier alpha value is -1.79. The van der Waals surface area contributed by atoms with Crippen molar-refractivity contribution >= 4 is 10.9 Å². The third kappa shape index (κ3) is 1.92. The van der Waals surface area contributed by atoms with Gasteiger partial charge in [0.25, 0.3) is 0 Å². The third-order valence-electron chi connectivity index (χ3n) is 3.57. The number of hydrogen-bond donors (Lipinski definition) is 2. The second-order valence-corrected chi connectivity index (χ2v) is 4.75. The lowest BCUT2D eigenvalue weighted by atomic mass is 9.98. The number of rotatable bonds is 2. The first-order valence-corrected chi connectivity index (χ1v) is 6.07. The number of nitrogens with one attached hydrogen (secondary N) is 2. The van der Waals surface area contributed by atoms with E-state index in [0.29, 0.717) is 0 Å². The Morgan fingerprint density at radius 3 is 3.12 bits per heavy atom. The molecule has 1 saturated heterocycles. The lowest BCUT2D eigenvalue weighted by Crippen LogP contribution is -2.10. The van der Waals surface area contributed by atoms with E-state index in [-0.39, 0.29) is 0 Å². The van der Waals surface area contributed by atoms with Gasteiger partial charge in [0, 0.05) is 17.1 Å². The minimum Gasteiger partial charge on any atom is -0.361 e. The van der Waals surface area contributed by atoms with Crippen LogP contribution >= 0.6 is 0 Å². The molecule has 0 radical (unpaired) electrons. The van der Waals surface area contributed by atoms with Gasteiger partial charge >= 0.3 is 0 Å². The Balaban J connectivity index is 1.95. The molecule has 1 unspecified atom stereocenters. The highest BCUT2D eigenvalue weighted by Gasteiger charge is 2.16. The molecular weight excluding hydrogens is 210 g/mol. The van der Waals surface area contributed by atoms with Crippen LogP contribution < -0.4 is 5.32 Å². The Kier molecular flexibility index (Phi) is 2.58. The fraction of sp³-hybridized carbons (Fsp3) is 0.357. The van der Waals surface area contributed by atoms with Crippen LogP contribution in [0.1, 0.15) is 17.5 Å². The van der Waals surface area contributed by atoms with Gasteiger partial charge in [-0.05, 0) is 55.6 Å². The minimum atomic E-state index is 0.736. The molecule has 1 fully saturated rings. The highest BCUT2D eigenvalue weighted by Crippen LogP contribution is 2.24. The summed E-state index contributed by atoms with van der Waals surface area (Å²) in [6.07, 6.45) is 4.44. The molecule has 2 N–H and O–H groups in total. The molecule has 2 aromatic rings. The number of hydrogen-bond acceptors (Lipinski definition) is 2. The fourth-order valence-electron chi connectivity index (χ4n) is 2.62. The van der Waals surface area contributed by atoms with Crippen molar-refractivity contribution < 1.29 is 0 Å². The molecule has 0 bridgehead atoms. The normalized spacial score (nSPS) is 19.6. The lowest BCUT2D eigenvalue weighted by Gasteiger charge is -2.06. The van der Waals surface area contributed by atoms with Gasteiger partial charge < -0.3 is 10.3 Å². The summed E-state index contributed by atoms with van der Waals surface area (Å²) in [7, 11) is 0. The van der Waals surface area contributed by atoms with E-state index >= 15 is 0 Å². The number of aromatic nitrogens is 1. The van der Waals surface area contributed by atoms with E-state index in [1.807, 2.05) is 18.2 Å². The van der Waals surface area contributed by atoms with Crippen molar-refractivity contribution in [2.45, 2.75) is 12.8 Å². The SMILES string of the molecule is N#Cc1ccc2[nH]cc(CC3CCNC3)c2c1. The van der Waals surface area contributed by atoms with Gasteiger partial charge in [0.15, 0.2) is 0 Å². The largest absolute Gasteiger partial charge is 0.361 e.